The van der Waals surface area contributed by atoms with E-state index in [1.807, 2.05) is 17.7 Å². The lowest BCUT2D eigenvalue weighted by Gasteiger charge is -2.14. The molecule has 0 bridgehead atoms. The second-order valence-corrected chi connectivity index (χ2v) is 9.82. The molecule has 0 aliphatic carbocycles. The van der Waals surface area contributed by atoms with Crippen LogP contribution in [0.25, 0.3) is 5.00 Å². The van der Waals surface area contributed by atoms with Crippen LogP contribution in [0.5, 0.6) is 0 Å². The van der Waals surface area contributed by atoms with Gasteiger partial charge in [-0.05, 0) is 33.3 Å². The van der Waals surface area contributed by atoms with Gasteiger partial charge in [0.15, 0.2) is 5.82 Å². The van der Waals surface area contributed by atoms with Crippen molar-refractivity contribution in [2.75, 3.05) is 6.54 Å². The number of fused-ring (bicyclic) bond motifs is 3. The van der Waals surface area contributed by atoms with Crippen molar-refractivity contribution in [3.63, 3.8) is 0 Å². The molecule has 0 unspecified atom stereocenters. The predicted octanol–water partition coefficient (Wildman–Crippen LogP) is 3.86. The second kappa shape index (κ2) is 8.98. The Morgan fingerprint density at radius 3 is 2.65 bits per heavy atom. The Labute approximate surface area is 202 Å². The Balaban J connectivity index is 1.51. The van der Waals surface area contributed by atoms with E-state index in [1.54, 1.807) is 23.9 Å². The van der Waals surface area contributed by atoms with Crippen LogP contribution in [0, 0.1) is 27.7 Å². The molecule has 1 aliphatic heterocycles. The topological polar surface area (TPSA) is 90.0 Å². The SMILES string of the molecule is Cc1ccc(C2=N[C@@H](CNC(=O)CCn3ccnc3)c3nnc(C)n3-c3sc(C)c(C)c32)cc1. The monoisotopic (exact) mass is 473 g/mol. The Kier molecular flexibility index (Phi) is 5.87. The number of aryl methyl sites for hydroxylation is 4. The number of carbonyl (C=O) groups is 1. The van der Waals surface area contributed by atoms with Crippen molar-refractivity contribution in [2.24, 2.45) is 4.99 Å². The van der Waals surface area contributed by atoms with Crippen LogP contribution < -0.4 is 5.32 Å². The smallest absolute Gasteiger partial charge is 0.221 e. The van der Waals surface area contributed by atoms with Crippen LogP contribution in [0.15, 0.2) is 48.0 Å². The molecule has 1 atom stereocenters. The summed E-state index contributed by atoms with van der Waals surface area (Å²) >= 11 is 1.73. The molecule has 0 fully saturated rings. The molecule has 1 N–H and O–H groups in total. The summed E-state index contributed by atoms with van der Waals surface area (Å²) in [6.07, 6.45) is 5.65. The summed E-state index contributed by atoms with van der Waals surface area (Å²) < 4.78 is 4.00. The molecule has 1 aromatic carbocycles. The van der Waals surface area contributed by atoms with Gasteiger partial charge in [-0.2, -0.15) is 0 Å². The first-order valence-electron chi connectivity index (χ1n) is 11.3. The van der Waals surface area contributed by atoms with Gasteiger partial charge in [0.05, 0.1) is 12.0 Å². The first kappa shape index (κ1) is 22.2. The number of nitrogens with one attached hydrogen (secondary N) is 1. The molecule has 9 heteroatoms. The molecule has 3 aromatic heterocycles. The highest BCUT2D eigenvalue weighted by molar-refractivity contribution is 7.15. The fraction of sp³-hybridized carbons (Fsp3) is 0.320. The number of rotatable bonds is 6. The van der Waals surface area contributed by atoms with Crippen LogP contribution in [0.3, 0.4) is 0 Å². The van der Waals surface area contributed by atoms with E-state index in [-0.39, 0.29) is 11.9 Å². The van der Waals surface area contributed by atoms with Gasteiger partial charge in [0, 0.05) is 47.9 Å². The molecule has 0 spiro atoms. The number of hydrogen-bond donors (Lipinski definition) is 1. The number of imidazole rings is 1. The lowest BCUT2D eigenvalue weighted by Crippen LogP contribution is -2.29. The van der Waals surface area contributed by atoms with E-state index in [4.69, 9.17) is 4.99 Å². The summed E-state index contributed by atoms with van der Waals surface area (Å²) in [5, 5.41) is 13.0. The lowest BCUT2D eigenvalue weighted by molar-refractivity contribution is -0.121. The number of aliphatic imine (C=N–C) groups is 1. The third-order valence-corrected chi connectivity index (χ3v) is 7.41. The minimum absolute atomic E-state index is 0.0328. The van der Waals surface area contributed by atoms with E-state index in [2.05, 4.69) is 70.1 Å². The van der Waals surface area contributed by atoms with Gasteiger partial charge >= 0.3 is 0 Å². The number of aromatic nitrogens is 5. The lowest BCUT2D eigenvalue weighted by atomic mass is 9.99. The van der Waals surface area contributed by atoms with E-state index in [1.165, 1.54) is 16.0 Å². The molecule has 1 amide bonds. The van der Waals surface area contributed by atoms with Crippen molar-refractivity contribution in [2.45, 2.75) is 46.7 Å². The predicted molar refractivity (Wildman–Crippen MR) is 133 cm³/mol. The number of carbonyl (C=O) groups excluding carboxylic acids is 1. The molecular formula is C25H27N7OS. The third kappa shape index (κ3) is 4.07. The molecule has 34 heavy (non-hydrogen) atoms. The Morgan fingerprint density at radius 2 is 1.91 bits per heavy atom. The summed E-state index contributed by atoms with van der Waals surface area (Å²) in [6, 6.07) is 8.09. The van der Waals surface area contributed by atoms with E-state index >= 15 is 0 Å². The highest BCUT2D eigenvalue weighted by Crippen LogP contribution is 2.38. The molecular weight excluding hydrogens is 446 g/mol. The fourth-order valence-electron chi connectivity index (χ4n) is 4.18. The van der Waals surface area contributed by atoms with Crippen LogP contribution >= 0.6 is 11.3 Å². The molecule has 0 saturated carbocycles. The van der Waals surface area contributed by atoms with Gasteiger partial charge in [-0.1, -0.05) is 29.8 Å². The minimum Gasteiger partial charge on any atom is -0.353 e. The Bertz CT molecular complexity index is 1360. The molecule has 5 rings (SSSR count). The Morgan fingerprint density at radius 1 is 1.12 bits per heavy atom. The Hall–Kier alpha value is -3.59. The number of thiophene rings is 1. The summed E-state index contributed by atoms with van der Waals surface area (Å²) in [6.45, 7) is 9.26. The van der Waals surface area contributed by atoms with Crippen LogP contribution in [-0.2, 0) is 11.3 Å². The van der Waals surface area contributed by atoms with Gasteiger partial charge in [0.25, 0.3) is 0 Å². The standard InChI is InChI=1S/C25H27N7OS/c1-15-5-7-19(8-6-15)23-22-16(2)17(3)34-25(22)32-18(4)29-30-24(32)20(28-23)13-27-21(33)9-11-31-12-10-26-14-31/h5-8,10,12,14,20H,9,11,13H2,1-4H3,(H,27,33)/t20-/m0/s1. The molecule has 4 heterocycles. The number of benzene rings is 1. The molecule has 8 nitrogen and oxygen atoms in total. The number of hydrogen-bond acceptors (Lipinski definition) is 6. The fourth-order valence-corrected chi connectivity index (χ4v) is 5.40. The molecule has 174 valence electrons. The zero-order chi connectivity index (χ0) is 23.8. The average Bonchev–Trinajstić information content (AvgIpc) is 3.52. The van der Waals surface area contributed by atoms with Crippen LogP contribution in [-0.4, -0.2) is 42.5 Å². The van der Waals surface area contributed by atoms with Gasteiger partial charge in [-0.25, -0.2) is 4.98 Å². The summed E-state index contributed by atoms with van der Waals surface area (Å²) in [5.74, 6) is 1.53. The van der Waals surface area contributed by atoms with Crippen LogP contribution in [0.2, 0.25) is 0 Å². The van der Waals surface area contributed by atoms with Crippen molar-refractivity contribution in [3.8, 4) is 5.00 Å². The molecule has 0 saturated heterocycles. The highest BCUT2D eigenvalue weighted by Gasteiger charge is 2.31. The van der Waals surface area contributed by atoms with E-state index in [0.717, 1.165) is 33.5 Å². The van der Waals surface area contributed by atoms with Crippen molar-refractivity contribution < 1.29 is 4.79 Å². The quantitative estimate of drug-likeness (QED) is 0.460. The maximum Gasteiger partial charge on any atom is 0.221 e. The number of nitrogens with zero attached hydrogens (tertiary/aromatic N) is 6. The van der Waals surface area contributed by atoms with E-state index in [9.17, 15) is 4.79 Å². The minimum atomic E-state index is -0.353. The third-order valence-electron chi connectivity index (χ3n) is 6.21. The van der Waals surface area contributed by atoms with Crippen LogP contribution in [0.1, 0.15) is 51.2 Å². The summed E-state index contributed by atoms with van der Waals surface area (Å²) in [4.78, 5) is 23.1. The zero-order valence-corrected chi connectivity index (χ0v) is 20.6. The van der Waals surface area contributed by atoms with Crippen molar-refractivity contribution in [3.05, 3.63) is 81.8 Å². The molecule has 0 radical (unpaired) electrons. The van der Waals surface area contributed by atoms with Gasteiger partial charge in [0.2, 0.25) is 5.91 Å². The largest absolute Gasteiger partial charge is 0.353 e. The van der Waals surface area contributed by atoms with Crippen molar-refractivity contribution >= 4 is 23.0 Å². The average molecular weight is 474 g/mol. The first-order valence-corrected chi connectivity index (χ1v) is 12.1. The number of amides is 1. The van der Waals surface area contributed by atoms with Gasteiger partial charge in [-0.3, -0.25) is 14.4 Å². The normalized spacial score (nSPS) is 14.8. The zero-order valence-electron chi connectivity index (χ0n) is 19.7. The van der Waals surface area contributed by atoms with Gasteiger partial charge in [-0.15, -0.1) is 21.5 Å². The summed E-state index contributed by atoms with van der Waals surface area (Å²) in [5.41, 5.74) is 5.51. The van der Waals surface area contributed by atoms with Gasteiger partial charge in [0.1, 0.15) is 16.9 Å². The van der Waals surface area contributed by atoms with Crippen molar-refractivity contribution in [1.29, 1.82) is 0 Å². The molecule has 1 aliphatic rings. The second-order valence-electron chi connectivity index (χ2n) is 8.62. The highest BCUT2D eigenvalue weighted by atomic mass is 32.1. The van der Waals surface area contributed by atoms with Crippen molar-refractivity contribution in [1.82, 2.24) is 29.6 Å². The van der Waals surface area contributed by atoms with E-state index < -0.39 is 0 Å². The van der Waals surface area contributed by atoms with Crippen LogP contribution in [0.4, 0.5) is 0 Å². The van der Waals surface area contributed by atoms with E-state index in [0.29, 0.717) is 19.5 Å². The molecule has 4 aromatic rings. The van der Waals surface area contributed by atoms with Gasteiger partial charge < -0.3 is 9.88 Å². The summed E-state index contributed by atoms with van der Waals surface area (Å²) in [7, 11) is 0. The first-order chi connectivity index (χ1) is 16.4. The maximum atomic E-state index is 12.6. The maximum absolute atomic E-state index is 12.6.